The quantitative estimate of drug-likeness (QED) is 0.888. The maximum absolute atomic E-state index is 9.93. The van der Waals surface area contributed by atoms with Crippen molar-refractivity contribution in [1.82, 2.24) is 0 Å². The standard InChI is InChI=1S/C22H16N4/c1-21(17-10-6-3-7-11-17)12-18(16-8-4-2-5-9-16)19(13-23)20(26)22(21,14-24)15-25/h2-12,19,26H,1H3/t19-,21-/m0/s1. The van der Waals surface area contributed by atoms with Gasteiger partial charge in [-0.3, -0.25) is 0 Å². The van der Waals surface area contributed by atoms with E-state index in [9.17, 15) is 15.8 Å². The van der Waals surface area contributed by atoms with Gasteiger partial charge in [-0.15, -0.1) is 0 Å². The van der Waals surface area contributed by atoms with Crippen molar-refractivity contribution >= 4 is 11.3 Å². The van der Waals surface area contributed by atoms with Gasteiger partial charge in [-0.25, -0.2) is 0 Å². The van der Waals surface area contributed by atoms with Gasteiger partial charge in [0.25, 0.3) is 0 Å². The van der Waals surface area contributed by atoms with Crippen LogP contribution in [0.5, 0.6) is 0 Å². The molecular weight excluding hydrogens is 320 g/mol. The van der Waals surface area contributed by atoms with Crippen LogP contribution in [0.25, 0.3) is 5.57 Å². The van der Waals surface area contributed by atoms with Crippen molar-refractivity contribution in [3.63, 3.8) is 0 Å². The van der Waals surface area contributed by atoms with Crippen LogP contribution in [0.4, 0.5) is 0 Å². The molecule has 124 valence electrons. The van der Waals surface area contributed by atoms with Gasteiger partial charge in [0.1, 0.15) is 5.92 Å². The average molecular weight is 336 g/mol. The number of hydrogen-bond acceptors (Lipinski definition) is 4. The number of allylic oxidation sites excluding steroid dienone is 2. The van der Waals surface area contributed by atoms with E-state index in [0.717, 1.165) is 11.1 Å². The first-order valence-electron chi connectivity index (χ1n) is 8.19. The number of nitrogens with one attached hydrogen (secondary N) is 1. The second-order valence-electron chi connectivity index (χ2n) is 6.48. The zero-order valence-corrected chi connectivity index (χ0v) is 14.3. The van der Waals surface area contributed by atoms with E-state index in [1.54, 1.807) is 6.92 Å². The van der Waals surface area contributed by atoms with E-state index >= 15 is 0 Å². The Balaban J connectivity index is 2.39. The lowest BCUT2D eigenvalue weighted by Crippen LogP contribution is -2.51. The molecule has 1 aliphatic carbocycles. The van der Waals surface area contributed by atoms with Crippen molar-refractivity contribution in [2.45, 2.75) is 12.3 Å². The second-order valence-corrected chi connectivity index (χ2v) is 6.48. The minimum Gasteiger partial charge on any atom is -0.305 e. The molecule has 0 saturated heterocycles. The highest BCUT2D eigenvalue weighted by Gasteiger charge is 2.58. The van der Waals surface area contributed by atoms with Gasteiger partial charge in [0, 0.05) is 5.41 Å². The third kappa shape index (κ3) is 2.23. The van der Waals surface area contributed by atoms with Gasteiger partial charge in [0.2, 0.25) is 0 Å². The van der Waals surface area contributed by atoms with Crippen molar-refractivity contribution < 1.29 is 0 Å². The molecule has 0 bridgehead atoms. The Labute approximate surface area is 152 Å². The van der Waals surface area contributed by atoms with Crippen LogP contribution in [0.1, 0.15) is 18.1 Å². The highest BCUT2D eigenvalue weighted by molar-refractivity contribution is 6.08. The first-order chi connectivity index (χ1) is 12.5. The summed E-state index contributed by atoms with van der Waals surface area (Å²) in [5.74, 6) is -0.937. The summed E-state index contributed by atoms with van der Waals surface area (Å²) in [6.45, 7) is 1.79. The molecule has 0 unspecified atom stereocenters. The highest BCUT2D eigenvalue weighted by Crippen LogP contribution is 2.51. The fourth-order valence-corrected chi connectivity index (χ4v) is 3.63. The van der Waals surface area contributed by atoms with Crippen molar-refractivity contribution in [2.24, 2.45) is 11.3 Å². The van der Waals surface area contributed by atoms with Gasteiger partial charge < -0.3 is 5.41 Å². The van der Waals surface area contributed by atoms with Crippen LogP contribution in [0.15, 0.2) is 66.7 Å². The minimum absolute atomic E-state index is 0.169. The van der Waals surface area contributed by atoms with E-state index in [0.29, 0.717) is 5.57 Å². The van der Waals surface area contributed by atoms with Crippen LogP contribution in [0, 0.1) is 50.7 Å². The molecule has 0 aromatic heterocycles. The van der Waals surface area contributed by atoms with E-state index in [4.69, 9.17) is 5.41 Å². The Bertz CT molecular complexity index is 986. The number of nitriles is 3. The van der Waals surface area contributed by atoms with E-state index in [2.05, 4.69) is 18.2 Å². The van der Waals surface area contributed by atoms with Crippen molar-refractivity contribution in [3.05, 3.63) is 77.9 Å². The van der Waals surface area contributed by atoms with Gasteiger partial charge in [0.15, 0.2) is 5.41 Å². The lowest BCUT2D eigenvalue weighted by molar-refractivity contribution is 0.427. The van der Waals surface area contributed by atoms with Crippen LogP contribution < -0.4 is 0 Å². The lowest BCUT2D eigenvalue weighted by Gasteiger charge is -2.44. The molecule has 0 fully saturated rings. The fraction of sp³-hybridized carbons (Fsp3) is 0.182. The predicted octanol–water partition coefficient (Wildman–Crippen LogP) is 4.23. The van der Waals surface area contributed by atoms with E-state index in [-0.39, 0.29) is 5.71 Å². The lowest BCUT2D eigenvalue weighted by atomic mass is 9.53. The van der Waals surface area contributed by atoms with Crippen LogP contribution in [-0.4, -0.2) is 5.71 Å². The average Bonchev–Trinajstić information content (AvgIpc) is 2.70. The van der Waals surface area contributed by atoms with Crippen LogP contribution in [0.3, 0.4) is 0 Å². The normalized spacial score (nSPS) is 23.8. The fourth-order valence-electron chi connectivity index (χ4n) is 3.63. The molecule has 0 heterocycles. The molecule has 2 atom stereocenters. The molecule has 1 aliphatic rings. The monoisotopic (exact) mass is 336 g/mol. The maximum Gasteiger partial charge on any atom is 0.195 e. The smallest absolute Gasteiger partial charge is 0.195 e. The highest BCUT2D eigenvalue weighted by atomic mass is 14.7. The summed E-state index contributed by atoms with van der Waals surface area (Å²) in [5, 5.41) is 38.2. The first-order valence-corrected chi connectivity index (χ1v) is 8.19. The molecule has 4 nitrogen and oxygen atoms in total. The van der Waals surface area contributed by atoms with E-state index in [1.807, 2.05) is 66.7 Å². The molecule has 0 spiro atoms. The summed E-state index contributed by atoms with van der Waals surface area (Å²) in [6.07, 6.45) is 1.83. The summed E-state index contributed by atoms with van der Waals surface area (Å²) in [6, 6.07) is 24.9. The van der Waals surface area contributed by atoms with Gasteiger partial charge in [-0.05, 0) is 23.6 Å². The molecular formula is C22H16N4. The molecule has 0 radical (unpaired) electrons. The Hall–Kier alpha value is -3.68. The predicted molar refractivity (Wildman–Crippen MR) is 98.7 cm³/mol. The molecule has 2 aromatic rings. The molecule has 0 aliphatic heterocycles. The van der Waals surface area contributed by atoms with Gasteiger partial charge in [0.05, 0.1) is 23.9 Å². The van der Waals surface area contributed by atoms with Gasteiger partial charge in [-0.2, -0.15) is 15.8 Å². The number of benzene rings is 2. The van der Waals surface area contributed by atoms with Gasteiger partial charge >= 0.3 is 0 Å². The number of hydrogen-bond donors (Lipinski definition) is 1. The maximum atomic E-state index is 9.93. The Morgan fingerprint density at radius 1 is 0.885 bits per heavy atom. The summed E-state index contributed by atoms with van der Waals surface area (Å²) in [5.41, 5.74) is -0.725. The minimum atomic E-state index is -1.74. The Kier molecular flexibility index (Phi) is 4.17. The number of rotatable bonds is 2. The third-order valence-electron chi connectivity index (χ3n) is 5.17. The van der Waals surface area contributed by atoms with Crippen LogP contribution in [-0.2, 0) is 5.41 Å². The molecule has 3 rings (SSSR count). The Morgan fingerprint density at radius 3 is 1.92 bits per heavy atom. The first kappa shape index (κ1) is 17.2. The third-order valence-corrected chi connectivity index (χ3v) is 5.17. The topological polar surface area (TPSA) is 95.2 Å². The SMILES string of the molecule is C[C@@]1(c2ccccc2)C=C(c2ccccc2)[C@H](C#N)C(=N)C1(C#N)C#N. The molecule has 1 N–H and O–H groups in total. The molecule has 4 heteroatoms. The summed E-state index contributed by atoms with van der Waals surface area (Å²) >= 11 is 0. The van der Waals surface area contributed by atoms with Crippen molar-refractivity contribution in [3.8, 4) is 18.2 Å². The molecule has 26 heavy (non-hydrogen) atoms. The molecule has 2 aromatic carbocycles. The van der Waals surface area contributed by atoms with Crippen LogP contribution in [0.2, 0.25) is 0 Å². The summed E-state index contributed by atoms with van der Waals surface area (Å²) in [7, 11) is 0. The van der Waals surface area contributed by atoms with Gasteiger partial charge in [-0.1, -0.05) is 66.7 Å². The second kappa shape index (κ2) is 6.32. The van der Waals surface area contributed by atoms with Crippen LogP contribution >= 0.6 is 0 Å². The van der Waals surface area contributed by atoms with Crippen molar-refractivity contribution in [2.75, 3.05) is 0 Å². The number of nitrogens with zero attached hydrogens (tertiary/aromatic N) is 3. The van der Waals surface area contributed by atoms with Crippen molar-refractivity contribution in [1.29, 1.82) is 21.2 Å². The summed E-state index contributed by atoms with van der Waals surface area (Å²) < 4.78 is 0. The molecule has 0 saturated carbocycles. The van der Waals surface area contributed by atoms with E-state index in [1.165, 1.54) is 0 Å². The molecule has 0 amide bonds. The largest absolute Gasteiger partial charge is 0.305 e. The Morgan fingerprint density at radius 2 is 1.42 bits per heavy atom. The summed E-state index contributed by atoms with van der Waals surface area (Å²) in [4.78, 5) is 0. The van der Waals surface area contributed by atoms with E-state index < -0.39 is 16.7 Å². The zero-order valence-electron chi connectivity index (χ0n) is 14.3. The zero-order chi connectivity index (χ0) is 18.8.